The standard InChI is InChI=1S/C18H25N3O3/c1-12-10-18(21-14(3)19-12)20-13(2)15-6-7-16(17(11-15)23-5)24-9-8-22-4/h6-7,10-11,13H,8-9H2,1-5H3,(H,19,20,21)/t13-/m0/s1. The minimum atomic E-state index is 0.0700. The number of aryl methyl sites for hydroxylation is 2. The summed E-state index contributed by atoms with van der Waals surface area (Å²) in [7, 11) is 3.28. The van der Waals surface area contributed by atoms with Gasteiger partial charge in [0.1, 0.15) is 18.2 Å². The Balaban J connectivity index is 2.12. The molecule has 0 spiro atoms. The number of methoxy groups -OCH3 is 2. The maximum atomic E-state index is 5.66. The summed E-state index contributed by atoms with van der Waals surface area (Å²) in [4.78, 5) is 8.71. The predicted octanol–water partition coefficient (Wildman–Crippen LogP) is 3.30. The van der Waals surface area contributed by atoms with E-state index < -0.39 is 0 Å². The Labute approximate surface area is 143 Å². The molecule has 0 bridgehead atoms. The van der Waals surface area contributed by atoms with E-state index in [9.17, 15) is 0 Å². The fourth-order valence-electron chi connectivity index (χ4n) is 2.40. The predicted molar refractivity (Wildman–Crippen MR) is 93.9 cm³/mol. The van der Waals surface area contributed by atoms with Crippen LogP contribution < -0.4 is 14.8 Å². The van der Waals surface area contributed by atoms with Crippen molar-refractivity contribution in [3.05, 3.63) is 41.3 Å². The van der Waals surface area contributed by atoms with Crippen LogP contribution in [-0.2, 0) is 4.74 Å². The monoisotopic (exact) mass is 331 g/mol. The van der Waals surface area contributed by atoms with Gasteiger partial charge < -0.3 is 19.5 Å². The van der Waals surface area contributed by atoms with Gasteiger partial charge in [-0.15, -0.1) is 0 Å². The molecular formula is C18H25N3O3. The third kappa shape index (κ3) is 4.83. The molecule has 1 aromatic heterocycles. The van der Waals surface area contributed by atoms with Crippen LogP contribution in [0.4, 0.5) is 5.82 Å². The lowest BCUT2D eigenvalue weighted by molar-refractivity contribution is 0.144. The summed E-state index contributed by atoms with van der Waals surface area (Å²) in [6.07, 6.45) is 0. The molecule has 0 aliphatic carbocycles. The van der Waals surface area contributed by atoms with Gasteiger partial charge in [0.25, 0.3) is 0 Å². The van der Waals surface area contributed by atoms with Gasteiger partial charge in [-0.05, 0) is 38.5 Å². The van der Waals surface area contributed by atoms with E-state index in [1.54, 1.807) is 14.2 Å². The second-order valence-electron chi connectivity index (χ2n) is 5.56. The maximum absolute atomic E-state index is 5.66. The highest BCUT2D eigenvalue weighted by Gasteiger charge is 2.12. The van der Waals surface area contributed by atoms with Crippen molar-refractivity contribution in [2.45, 2.75) is 26.8 Å². The summed E-state index contributed by atoms with van der Waals surface area (Å²) in [5.41, 5.74) is 2.02. The second-order valence-corrected chi connectivity index (χ2v) is 5.56. The highest BCUT2D eigenvalue weighted by molar-refractivity contribution is 5.46. The number of benzene rings is 1. The number of anilines is 1. The average Bonchev–Trinajstić information content (AvgIpc) is 2.54. The number of ether oxygens (including phenoxy) is 3. The Bertz CT molecular complexity index is 656. The third-order valence-electron chi connectivity index (χ3n) is 3.56. The van der Waals surface area contributed by atoms with Gasteiger partial charge in [-0.3, -0.25) is 0 Å². The molecule has 1 heterocycles. The largest absolute Gasteiger partial charge is 0.493 e. The molecule has 2 rings (SSSR count). The van der Waals surface area contributed by atoms with Crippen LogP contribution in [0, 0.1) is 13.8 Å². The van der Waals surface area contributed by atoms with E-state index in [-0.39, 0.29) is 6.04 Å². The molecule has 0 saturated heterocycles. The van der Waals surface area contributed by atoms with E-state index in [4.69, 9.17) is 14.2 Å². The lowest BCUT2D eigenvalue weighted by atomic mass is 10.1. The molecule has 130 valence electrons. The number of nitrogens with zero attached hydrogens (tertiary/aromatic N) is 2. The Kier molecular flexibility index (Phi) is 6.37. The lowest BCUT2D eigenvalue weighted by Gasteiger charge is -2.18. The van der Waals surface area contributed by atoms with Crippen LogP contribution in [-0.4, -0.2) is 37.4 Å². The topological polar surface area (TPSA) is 65.5 Å². The van der Waals surface area contributed by atoms with Crippen molar-refractivity contribution in [1.82, 2.24) is 9.97 Å². The maximum Gasteiger partial charge on any atom is 0.161 e. The van der Waals surface area contributed by atoms with Gasteiger partial charge >= 0.3 is 0 Å². The van der Waals surface area contributed by atoms with Gasteiger partial charge in [-0.2, -0.15) is 0 Å². The van der Waals surface area contributed by atoms with Gasteiger partial charge in [0.15, 0.2) is 11.5 Å². The first-order valence-corrected chi connectivity index (χ1v) is 7.92. The average molecular weight is 331 g/mol. The Morgan fingerprint density at radius 1 is 1.04 bits per heavy atom. The molecule has 1 aromatic carbocycles. The zero-order valence-electron chi connectivity index (χ0n) is 14.9. The zero-order valence-corrected chi connectivity index (χ0v) is 14.9. The Morgan fingerprint density at radius 3 is 2.50 bits per heavy atom. The molecule has 1 atom stereocenters. The van der Waals surface area contributed by atoms with E-state index in [0.717, 1.165) is 22.9 Å². The normalized spacial score (nSPS) is 11.9. The van der Waals surface area contributed by atoms with E-state index in [1.165, 1.54) is 0 Å². The van der Waals surface area contributed by atoms with Crippen LogP contribution in [0.3, 0.4) is 0 Å². The van der Waals surface area contributed by atoms with Crippen molar-refractivity contribution in [3.8, 4) is 11.5 Å². The number of rotatable bonds is 8. The van der Waals surface area contributed by atoms with Gasteiger partial charge in [0.05, 0.1) is 19.8 Å². The summed E-state index contributed by atoms with van der Waals surface area (Å²) in [6, 6.07) is 7.91. The van der Waals surface area contributed by atoms with Gasteiger partial charge in [-0.25, -0.2) is 9.97 Å². The van der Waals surface area contributed by atoms with Crippen molar-refractivity contribution in [2.24, 2.45) is 0 Å². The summed E-state index contributed by atoms with van der Waals surface area (Å²) in [5.74, 6) is 2.97. The van der Waals surface area contributed by atoms with Gasteiger partial charge in [-0.1, -0.05) is 6.07 Å². The zero-order chi connectivity index (χ0) is 17.5. The molecule has 1 N–H and O–H groups in total. The fourth-order valence-corrected chi connectivity index (χ4v) is 2.40. The summed E-state index contributed by atoms with van der Waals surface area (Å²) >= 11 is 0. The number of hydrogen-bond acceptors (Lipinski definition) is 6. The van der Waals surface area contributed by atoms with Crippen LogP contribution in [0.2, 0.25) is 0 Å². The minimum Gasteiger partial charge on any atom is -0.493 e. The molecule has 0 amide bonds. The van der Waals surface area contributed by atoms with Crippen molar-refractivity contribution >= 4 is 5.82 Å². The first-order valence-electron chi connectivity index (χ1n) is 7.92. The molecule has 6 heteroatoms. The van der Waals surface area contributed by atoms with E-state index in [1.807, 2.05) is 38.1 Å². The Morgan fingerprint density at radius 2 is 1.83 bits per heavy atom. The van der Waals surface area contributed by atoms with Crippen molar-refractivity contribution in [3.63, 3.8) is 0 Å². The Hall–Kier alpha value is -2.34. The second kappa shape index (κ2) is 8.49. The van der Waals surface area contributed by atoms with E-state index in [0.29, 0.717) is 24.7 Å². The molecule has 0 fully saturated rings. The SMILES string of the molecule is COCCOc1ccc([C@H](C)Nc2cc(C)nc(C)n2)cc1OC. The number of hydrogen-bond donors (Lipinski definition) is 1. The molecule has 0 saturated carbocycles. The highest BCUT2D eigenvalue weighted by Crippen LogP contribution is 2.31. The number of aromatic nitrogens is 2. The quantitative estimate of drug-likeness (QED) is 0.749. The van der Waals surface area contributed by atoms with Gasteiger partial charge in [0.2, 0.25) is 0 Å². The summed E-state index contributed by atoms with van der Waals surface area (Å²) in [6.45, 7) is 6.94. The fraction of sp³-hybridized carbons (Fsp3) is 0.444. The molecule has 0 unspecified atom stereocenters. The summed E-state index contributed by atoms with van der Waals surface area (Å²) in [5, 5.41) is 3.40. The molecule has 24 heavy (non-hydrogen) atoms. The van der Waals surface area contributed by atoms with Crippen LogP contribution in [0.15, 0.2) is 24.3 Å². The van der Waals surface area contributed by atoms with Crippen molar-refractivity contribution in [1.29, 1.82) is 0 Å². The summed E-state index contributed by atoms with van der Waals surface area (Å²) < 4.78 is 16.1. The first kappa shape index (κ1) is 18.0. The van der Waals surface area contributed by atoms with Crippen molar-refractivity contribution in [2.75, 3.05) is 32.8 Å². The molecule has 6 nitrogen and oxygen atoms in total. The van der Waals surface area contributed by atoms with E-state index in [2.05, 4.69) is 22.2 Å². The smallest absolute Gasteiger partial charge is 0.161 e. The molecule has 0 radical (unpaired) electrons. The van der Waals surface area contributed by atoms with Crippen LogP contribution in [0.25, 0.3) is 0 Å². The van der Waals surface area contributed by atoms with Crippen LogP contribution in [0.1, 0.15) is 30.0 Å². The molecule has 0 aliphatic heterocycles. The minimum absolute atomic E-state index is 0.0700. The first-order chi connectivity index (χ1) is 11.5. The lowest BCUT2D eigenvalue weighted by Crippen LogP contribution is -2.10. The van der Waals surface area contributed by atoms with Crippen LogP contribution in [0.5, 0.6) is 11.5 Å². The number of nitrogens with one attached hydrogen (secondary N) is 1. The molecule has 2 aromatic rings. The third-order valence-corrected chi connectivity index (χ3v) is 3.56. The van der Waals surface area contributed by atoms with E-state index >= 15 is 0 Å². The molecular weight excluding hydrogens is 306 g/mol. The highest BCUT2D eigenvalue weighted by atomic mass is 16.5. The van der Waals surface area contributed by atoms with Crippen LogP contribution >= 0.6 is 0 Å². The van der Waals surface area contributed by atoms with Gasteiger partial charge in [0, 0.05) is 18.9 Å². The van der Waals surface area contributed by atoms with Crippen molar-refractivity contribution < 1.29 is 14.2 Å². The molecule has 0 aliphatic rings.